The fraction of sp³-hybridized carbons (Fsp3) is 0.357. The lowest BCUT2D eigenvalue weighted by molar-refractivity contribution is -0.119. The van der Waals surface area contributed by atoms with Crippen molar-refractivity contribution < 1.29 is 9.59 Å². The maximum atomic E-state index is 12.2. The largest absolute Gasteiger partial charge is 0.352 e. The Balaban J connectivity index is 2.01. The number of hydrogen-bond acceptors (Lipinski definition) is 3. The van der Waals surface area contributed by atoms with E-state index in [1.807, 2.05) is 6.07 Å². The molecule has 1 aliphatic rings. The summed E-state index contributed by atoms with van der Waals surface area (Å²) in [5.74, 6) is -0.130. The van der Waals surface area contributed by atoms with E-state index < -0.39 is 0 Å². The molecule has 2 rings (SSSR count). The summed E-state index contributed by atoms with van der Waals surface area (Å²) in [5, 5.41) is 11.5. The number of benzene rings is 1. The van der Waals surface area contributed by atoms with Crippen LogP contribution in [0.25, 0.3) is 0 Å². The van der Waals surface area contributed by atoms with Crippen molar-refractivity contribution in [3.63, 3.8) is 0 Å². The molecular formula is C14H15N3O2. The molecule has 0 bridgehead atoms. The van der Waals surface area contributed by atoms with E-state index in [4.69, 9.17) is 5.26 Å². The van der Waals surface area contributed by atoms with Crippen molar-refractivity contribution in [2.75, 3.05) is 13.1 Å². The summed E-state index contributed by atoms with van der Waals surface area (Å²) in [6.45, 7) is 2.66. The molecule has 1 N–H and O–H groups in total. The van der Waals surface area contributed by atoms with Gasteiger partial charge >= 0.3 is 0 Å². The predicted molar refractivity (Wildman–Crippen MR) is 69.3 cm³/mol. The van der Waals surface area contributed by atoms with Gasteiger partial charge in [-0.15, -0.1) is 0 Å². The second-order valence-corrected chi connectivity index (χ2v) is 4.63. The van der Waals surface area contributed by atoms with Crippen LogP contribution >= 0.6 is 0 Å². The summed E-state index contributed by atoms with van der Waals surface area (Å²) in [4.78, 5) is 24.9. The third-order valence-electron chi connectivity index (χ3n) is 3.14. The zero-order chi connectivity index (χ0) is 13.8. The lowest BCUT2D eigenvalue weighted by atomic mass is 10.1. The highest BCUT2D eigenvalue weighted by Gasteiger charge is 2.27. The van der Waals surface area contributed by atoms with E-state index in [1.165, 1.54) is 6.92 Å². The molecule has 2 amide bonds. The number of likely N-dealkylation sites (tertiary alicyclic amines) is 1. The van der Waals surface area contributed by atoms with Crippen molar-refractivity contribution in [2.45, 2.75) is 19.4 Å². The van der Waals surface area contributed by atoms with Gasteiger partial charge in [-0.2, -0.15) is 5.26 Å². The number of carbonyl (C=O) groups is 2. The van der Waals surface area contributed by atoms with E-state index in [1.54, 1.807) is 29.2 Å². The summed E-state index contributed by atoms with van der Waals surface area (Å²) in [5.41, 5.74) is 1.11. The first-order chi connectivity index (χ1) is 9.10. The zero-order valence-electron chi connectivity index (χ0n) is 10.7. The van der Waals surface area contributed by atoms with E-state index in [-0.39, 0.29) is 17.9 Å². The standard InChI is InChI=1S/C14H15N3O2/c1-10(18)16-13-6-7-17(9-13)14(19)12-4-2-11(8-15)3-5-12/h2-5,13H,6-7,9H2,1H3,(H,16,18). The second kappa shape index (κ2) is 5.53. The van der Waals surface area contributed by atoms with Crippen molar-refractivity contribution >= 4 is 11.8 Å². The third-order valence-corrected chi connectivity index (χ3v) is 3.14. The van der Waals surface area contributed by atoms with Crippen molar-refractivity contribution in [3.8, 4) is 6.07 Å². The van der Waals surface area contributed by atoms with Gasteiger partial charge in [0.05, 0.1) is 11.6 Å². The van der Waals surface area contributed by atoms with E-state index in [9.17, 15) is 9.59 Å². The van der Waals surface area contributed by atoms with E-state index in [0.29, 0.717) is 24.2 Å². The van der Waals surface area contributed by atoms with Gasteiger partial charge in [0.2, 0.25) is 5.91 Å². The monoisotopic (exact) mass is 257 g/mol. The summed E-state index contributed by atoms with van der Waals surface area (Å²) in [7, 11) is 0. The van der Waals surface area contributed by atoms with Crippen LogP contribution in [0.15, 0.2) is 24.3 Å². The quantitative estimate of drug-likeness (QED) is 0.855. The third kappa shape index (κ3) is 3.10. The molecule has 1 atom stereocenters. The van der Waals surface area contributed by atoms with Crippen LogP contribution in [0, 0.1) is 11.3 Å². The summed E-state index contributed by atoms with van der Waals surface area (Å²) < 4.78 is 0. The van der Waals surface area contributed by atoms with Crippen LogP contribution in [-0.4, -0.2) is 35.8 Å². The maximum Gasteiger partial charge on any atom is 0.253 e. The number of nitrogens with one attached hydrogen (secondary N) is 1. The van der Waals surface area contributed by atoms with Crippen LogP contribution in [0.2, 0.25) is 0 Å². The van der Waals surface area contributed by atoms with E-state index in [0.717, 1.165) is 6.42 Å². The van der Waals surface area contributed by atoms with Crippen LogP contribution in [0.3, 0.4) is 0 Å². The lowest BCUT2D eigenvalue weighted by Gasteiger charge is -2.16. The molecule has 1 aliphatic heterocycles. The summed E-state index contributed by atoms with van der Waals surface area (Å²) >= 11 is 0. The molecule has 5 heteroatoms. The Morgan fingerprint density at radius 3 is 2.63 bits per heavy atom. The Labute approximate surface area is 111 Å². The average molecular weight is 257 g/mol. The molecule has 1 unspecified atom stereocenters. The molecule has 1 saturated heterocycles. The van der Waals surface area contributed by atoms with Crippen molar-refractivity contribution in [1.29, 1.82) is 5.26 Å². The van der Waals surface area contributed by atoms with Gasteiger partial charge in [-0.25, -0.2) is 0 Å². The van der Waals surface area contributed by atoms with E-state index in [2.05, 4.69) is 5.32 Å². The van der Waals surface area contributed by atoms with Gasteiger partial charge in [0.1, 0.15) is 0 Å². The molecule has 0 spiro atoms. The molecule has 5 nitrogen and oxygen atoms in total. The second-order valence-electron chi connectivity index (χ2n) is 4.63. The Morgan fingerprint density at radius 1 is 1.37 bits per heavy atom. The molecule has 98 valence electrons. The Kier molecular flexibility index (Phi) is 3.81. The van der Waals surface area contributed by atoms with Gasteiger partial charge in [0.15, 0.2) is 0 Å². The number of nitriles is 1. The molecule has 0 radical (unpaired) electrons. The number of rotatable bonds is 2. The van der Waals surface area contributed by atoms with E-state index >= 15 is 0 Å². The molecule has 1 aromatic carbocycles. The zero-order valence-corrected chi connectivity index (χ0v) is 10.7. The summed E-state index contributed by atoms with van der Waals surface area (Å²) in [6, 6.07) is 8.65. The molecule has 19 heavy (non-hydrogen) atoms. The molecule has 0 saturated carbocycles. The lowest BCUT2D eigenvalue weighted by Crippen LogP contribution is -2.37. The van der Waals surface area contributed by atoms with Crippen LogP contribution in [0.5, 0.6) is 0 Å². The minimum atomic E-state index is -0.0716. The highest BCUT2D eigenvalue weighted by atomic mass is 16.2. The van der Waals surface area contributed by atoms with Gasteiger partial charge < -0.3 is 10.2 Å². The maximum absolute atomic E-state index is 12.2. The minimum absolute atomic E-state index is 0.0415. The first-order valence-corrected chi connectivity index (χ1v) is 6.16. The molecule has 1 aromatic rings. The number of carbonyl (C=O) groups excluding carboxylic acids is 2. The highest BCUT2D eigenvalue weighted by Crippen LogP contribution is 2.14. The molecular weight excluding hydrogens is 242 g/mol. The molecule has 0 aliphatic carbocycles. The smallest absolute Gasteiger partial charge is 0.253 e. The van der Waals surface area contributed by atoms with Crippen LogP contribution in [0.1, 0.15) is 29.3 Å². The summed E-state index contributed by atoms with van der Waals surface area (Å²) in [6.07, 6.45) is 0.779. The highest BCUT2D eigenvalue weighted by molar-refractivity contribution is 5.94. The number of hydrogen-bond donors (Lipinski definition) is 1. The van der Waals surface area contributed by atoms with Gasteiger partial charge in [-0.1, -0.05) is 0 Å². The molecule has 0 aromatic heterocycles. The van der Waals surface area contributed by atoms with Crippen LogP contribution < -0.4 is 5.32 Å². The fourth-order valence-corrected chi connectivity index (χ4v) is 2.22. The van der Waals surface area contributed by atoms with Gasteiger partial charge in [0.25, 0.3) is 5.91 Å². The molecule has 1 fully saturated rings. The predicted octanol–water partition coefficient (Wildman–Crippen LogP) is 0.909. The van der Waals surface area contributed by atoms with Crippen LogP contribution in [-0.2, 0) is 4.79 Å². The normalized spacial score (nSPS) is 17.9. The average Bonchev–Trinajstić information content (AvgIpc) is 2.85. The Hall–Kier alpha value is -2.35. The topological polar surface area (TPSA) is 73.2 Å². The van der Waals surface area contributed by atoms with Gasteiger partial charge in [-0.05, 0) is 30.7 Å². The van der Waals surface area contributed by atoms with Crippen molar-refractivity contribution in [3.05, 3.63) is 35.4 Å². The SMILES string of the molecule is CC(=O)NC1CCN(C(=O)c2ccc(C#N)cc2)C1. The first-order valence-electron chi connectivity index (χ1n) is 6.16. The molecule has 1 heterocycles. The number of amides is 2. The van der Waals surface area contributed by atoms with Crippen molar-refractivity contribution in [1.82, 2.24) is 10.2 Å². The fourth-order valence-electron chi connectivity index (χ4n) is 2.22. The Morgan fingerprint density at radius 2 is 2.05 bits per heavy atom. The minimum Gasteiger partial charge on any atom is -0.352 e. The Bertz CT molecular complexity index is 531. The van der Waals surface area contributed by atoms with Crippen LogP contribution in [0.4, 0.5) is 0 Å². The number of nitrogens with zero attached hydrogens (tertiary/aromatic N) is 2. The van der Waals surface area contributed by atoms with Crippen molar-refractivity contribution in [2.24, 2.45) is 0 Å². The van der Waals surface area contributed by atoms with Gasteiger partial charge in [0, 0.05) is 31.6 Å². The first kappa shape index (κ1) is 13.1. The van der Waals surface area contributed by atoms with Gasteiger partial charge in [-0.3, -0.25) is 9.59 Å².